The number of carbonyl (C=O) groups excluding carboxylic acids is 2. The van der Waals surface area contributed by atoms with Crippen LogP contribution in [0.3, 0.4) is 0 Å². The smallest absolute Gasteiger partial charge is 0.255 e. The Kier molecular flexibility index (Phi) is 5.75. The van der Waals surface area contributed by atoms with E-state index >= 15 is 0 Å². The highest BCUT2D eigenvalue weighted by Gasteiger charge is 2.26. The molecule has 0 radical (unpaired) electrons. The molecule has 0 unspecified atom stereocenters. The SMILES string of the molecule is O=C(Nc1ccc2c(c1)C[C@H](C(=O)NCc1ccccc1F)CO2)c1ccccc1. The maximum atomic E-state index is 13.7. The van der Waals surface area contributed by atoms with E-state index in [1.807, 2.05) is 12.1 Å². The predicted molar refractivity (Wildman–Crippen MR) is 112 cm³/mol. The van der Waals surface area contributed by atoms with Crippen molar-refractivity contribution in [2.24, 2.45) is 5.92 Å². The standard InChI is InChI=1S/C24H21FN2O3/c25-21-9-5-4-8-17(21)14-26-23(28)19-12-18-13-20(10-11-22(18)30-15-19)27-24(29)16-6-2-1-3-7-16/h1-11,13,19H,12,14-15H2,(H,26,28)(H,27,29)/t19-/m0/s1. The number of ether oxygens (including phenoxy) is 1. The zero-order valence-electron chi connectivity index (χ0n) is 16.2. The predicted octanol–water partition coefficient (Wildman–Crippen LogP) is 3.95. The molecule has 3 aromatic carbocycles. The van der Waals surface area contributed by atoms with E-state index in [0.29, 0.717) is 29.0 Å². The zero-order valence-corrected chi connectivity index (χ0v) is 16.2. The van der Waals surface area contributed by atoms with Gasteiger partial charge in [0, 0.05) is 23.4 Å². The van der Waals surface area contributed by atoms with Crippen molar-refractivity contribution in [2.75, 3.05) is 11.9 Å². The van der Waals surface area contributed by atoms with Gasteiger partial charge in [0.25, 0.3) is 5.91 Å². The van der Waals surface area contributed by atoms with Crippen LogP contribution < -0.4 is 15.4 Å². The van der Waals surface area contributed by atoms with Crippen molar-refractivity contribution < 1.29 is 18.7 Å². The van der Waals surface area contributed by atoms with E-state index in [1.165, 1.54) is 6.07 Å². The summed E-state index contributed by atoms with van der Waals surface area (Å²) in [5.74, 6) is -0.425. The van der Waals surface area contributed by atoms with Crippen molar-refractivity contribution in [1.82, 2.24) is 5.32 Å². The van der Waals surface area contributed by atoms with Gasteiger partial charge in [-0.3, -0.25) is 9.59 Å². The van der Waals surface area contributed by atoms with Crippen molar-refractivity contribution in [3.8, 4) is 5.75 Å². The van der Waals surface area contributed by atoms with Gasteiger partial charge in [-0.1, -0.05) is 36.4 Å². The lowest BCUT2D eigenvalue weighted by atomic mass is 9.95. The molecule has 1 atom stereocenters. The second kappa shape index (κ2) is 8.78. The summed E-state index contributed by atoms with van der Waals surface area (Å²) in [5, 5.41) is 5.65. The van der Waals surface area contributed by atoms with E-state index in [9.17, 15) is 14.0 Å². The Bertz CT molecular complexity index is 1070. The summed E-state index contributed by atoms with van der Waals surface area (Å²) in [6.45, 7) is 0.383. The second-order valence-electron chi connectivity index (χ2n) is 7.16. The topological polar surface area (TPSA) is 67.4 Å². The van der Waals surface area contributed by atoms with Gasteiger partial charge in [0.05, 0.1) is 5.92 Å². The van der Waals surface area contributed by atoms with Crippen LogP contribution >= 0.6 is 0 Å². The number of hydrogen-bond donors (Lipinski definition) is 2. The molecule has 1 aliphatic heterocycles. The van der Waals surface area contributed by atoms with Crippen molar-refractivity contribution in [3.05, 3.63) is 95.3 Å². The molecule has 0 saturated heterocycles. The number of anilines is 1. The molecule has 2 N–H and O–H groups in total. The molecular weight excluding hydrogens is 383 g/mol. The summed E-state index contributed by atoms with van der Waals surface area (Å²) >= 11 is 0. The Balaban J connectivity index is 1.40. The maximum absolute atomic E-state index is 13.7. The number of amides is 2. The molecule has 1 aliphatic rings. The minimum Gasteiger partial charge on any atom is -0.492 e. The number of halogens is 1. The molecule has 30 heavy (non-hydrogen) atoms. The normalized spacial score (nSPS) is 14.9. The van der Waals surface area contributed by atoms with Crippen LogP contribution in [-0.2, 0) is 17.8 Å². The fourth-order valence-corrected chi connectivity index (χ4v) is 3.40. The first kappa shape index (κ1) is 19.6. The number of hydrogen-bond acceptors (Lipinski definition) is 3. The van der Waals surface area contributed by atoms with Crippen LogP contribution in [0.15, 0.2) is 72.8 Å². The first-order valence-corrected chi connectivity index (χ1v) is 9.73. The van der Waals surface area contributed by atoms with E-state index in [0.717, 1.165) is 5.56 Å². The van der Waals surface area contributed by atoms with E-state index in [4.69, 9.17) is 4.74 Å². The van der Waals surface area contributed by atoms with Gasteiger partial charge < -0.3 is 15.4 Å². The Labute approximate surface area is 173 Å². The minimum absolute atomic E-state index is 0.127. The number of fused-ring (bicyclic) bond motifs is 1. The molecule has 1 heterocycles. The average Bonchev–Trinajstić information content (AvgIpc) is 2.78. The largest absolute Gasteiger partial charge is 0.492 e. The number of carbonyl (C=O) groups is 2. The molecule has 5 nitrogen and oxygen atoms in total. The van der Waals surface area contributed by atoms with Crippen LogP contribution in [0.2, 0.25) is 0 Å². The Hall–Kier alpha value is -3.67. The third-order valence-corrected chi connectivity index (χ3v) is 5.04. The molecular formula is C24H21FN2O3. The quantitative estimate of drug-likeness (QED) is 0.677. The summed E-state index contributed by atoms with van der Waals surface area (Å²) in [5.41, 5.74) is 2.49. The lowest BCUT2D eigenvalue weighted by Crippen LogP contribution is -2.37. The fraction of sp³-hybridized carbons (Fsp3) is 0.167. The molecule has 0 fully saturated rings. The summed E-state index contributed by atoms with van der Waals surface area (Å²) < 4.78 is 19.5. The maximum Gasteiger partial charge on any atom is 0.255 e. The minimum atomic E-state index is -0.385. The molecule has 4 rings (SSSR count). The Morgan fingerprint density at radius 2 is 1.77 bits per heavy atom. The van der Waals surface area contributed by atoms with Crippen LogP contribution in [0, 0.1) is 11.7 Å². The van der Waals surface area contributed by atoms with Gasteiger partial charge in [-0.05, 0) is 48.4 Å². The third kappa shape index (κ3) is 4.49. The van der Waals surface area contributed by atoms with Crippen LogP contribution in [0.4, 0.5) is 10.1 Å². The van der Waals surface area contributed by atoms with Crippen molar-refractivity contribution in [1.29, 1.82) is 0 Å². The van der Waals surface area contributed by atoms with Gasteiger partial charge >= 0.3 is 0 Å². The zero-order chi connectivity index (χ0) is 20.9. The molecule has 3 aromatic rings. The first-order chi connectivity index (χ1) is 14.6. The van der Waals surface area contributed by atoms with Gasteiger partial charge in [0.15, 0.2) is 0 Å². The van der Waals surface area contributed by atoms with Crippen LogP contribution in [0.5, 0.6) is 5.75 Å². The van der Waals surface area contributed by atoms with E-state index in [-0.39, 0.29) is 36.7 Å². The Morgan fingerprint density at radius 3 is 2.57 bits per heavy atom. The molecule has 0 aromatic heterocycles. The van der Waals surface area contributed by atoms with Crippen LogP contribution in [0.1, 0.15) is 21.5 Å². The molecule has 0 aliphatic carbocycles. The third-order valence-electron chi connectivity index (χ3n) is 5.04. The number of benzene rings is 3. The summed E-state index contributed by atoms with van der Waals surface area (Å²) in [7, 11) is 0. The first-order valence-electron chi connectivity index (χ1n) is 9.73. The van der Waals surface area contributed by atoms with Gasteiger partial charge in [0.1, 0.15) is 18.2 Å². The average molecular weight is 404 g/mol. The summed E-state index contributed by atoms with van der Waals surface area (Å²) in [6.07, 6.45) is 0.480. The van der Waals surface area contributed by atoms with E-state index in [1.54, 1.807) is 54.6 Å². The highest BCUT2D eigenvalue weighted by atomic mass is 19.1. The van der Waals surface area contributed by atoms with Gasteiger partial charge in [-0.2, -0.15) is 0 Å². The Morgan fingerprint density at radius 1 is 1.00 bits per heavy atom. The van der Waals surface area contributed by atoms with E-state index < -0.39 is 0 Å². The van der Waals surface area contributed by atoms with Gasteiger partial charge in [-0.15, -0.1) is 0 Å². The van der Waals surface area contributed by atoms with Crippen molar-refractivity contribution in [3.63, 3.8) is 0 Å². The molecule has 0 saturated carbocycles. The summed E-state index contributed by atoms with van der Waals surface area (Å²) in [4.78, 5) is 24.9. The lowest BCUT2D eigenvalue weighted by molar-refractivity contribution is -0.126. The van der Waals surface area contributed by atoms with Crippen molar-refractivity contribution in [2.45, 2.75) is 13.0 Å². The highest BCUT2D eigenvalue weighted by Crippen LogP contribution is 2.30. The number of nitrogens with one attached hydrogen (secondary N) is 2. The summed E-state index contributed by atoms with van der Waals surface area (Å²) in [6, 6.07) is 20.7. The van der Waals surface area contributed by atoms with Gasteiger partial charge in [0.2, 0.25) is 5.91 Å². The second-order valence-corrected chi connectivity index (χ2v) is 7.16. The monoisotopic (exact) mass is 404 g/mol. The molecule has 0 spiro atoms. The van der Waals surface area contributed by atoms with Gasteiger partial charge in [-0.25, -0.2) is 4.39 Å². The fourth-order valence-electron chi connectivity index (χ4n) is 3.40. The molecule has 2 amide bonds. The van der Waals surface area contributed by atoms with Crippen LogP contribution in [-0.4, -0.2) is 18.4 Å². The molecule has 0 bridgehead atoms. The highest BCUT2D eigenvalue weighted by molar-refractivity contribution is 6.04. The molecule has 6 heteroatoms. The lowest BCUT2D eigenvalue weighted by Gasteiger charge is -2.25. The molecule has 152 valence electrons. The van der Waals surface area contributed by atoms with E-state index in [2.05, 4.69) is 10.6 Å². The number of rotatable bonds is 5. The van der Waals surface area contributed by atoms with Crippen LogP contribution in [0.25, 0.3) is 0 Å². The van der Waals surface area contributed by atoms with Crippen molar-refractivity contribution >= 4 is 17.5 Å².